The van der Waals surface area contributed by atoms with Gasteiger partial charge >= 0.3 is 0 Å². The van der Waals surface area contributed by atoms with E-state index in [1.807, 2.05) is 80.0 Å². The molecule has 5 rings (SSSR count). The minimum Gasteiger partial charge on any atom is -0.497 e. The molecular formula is C25H21N3O2. The van der Waals surface area contributed by atoms with Gasteiger partial charge in [0.05, 0.1) is 12.8 Å². The van der Waals surface area contributed by atoms with Gasteiger partial charge in [0, 0.05) is 41.1 Å². The fraction of sp³-hybridized carbons (Fsp3) is 0.120. The highest BCUT2D eigenvalue weighted by Gasteiger charge is 2.31. The minimum atomic E-state index is -0.0992. The van der Waals surface area contributed by atoms with E-state index >= 15 is 0 Å². The van der Waals surface area contributed by atoms with Crippen LogP contribution in [0.25, 0.3) is 28.0 Å². The number of carbonyl (C=O) groups excluding carboxylic acids is 1. The molecule has 1 aliphatic rings. The molecular weight excluding hydrogens is 374 g/mol. The van der Waals surface area contributed by atoms with Gasteiger partial charge in [0.1, 0.15) is 11.4 Å². The number of ether oxygens (including phenoxy) is 1. The van der Waals surface area contributed by atoms with Crippen LogP contribution in [0.2, 0.25) is 0 Å². The zero-order valence-corrected chi connectivity index (χ0v) is 16.8. The maximum atomic E-state index is 13.6. The molecule has 3 heterocycles. The summed E-state index contributed by atoms with van der Waals surface area (Å²) in [5.41, 5.74) is 7.39. The Hall–Kier alpha value is -3.86. The molecule has 1 aliphatic heterocycles. The van der Waals surface area contributed by atoms with E-state index in [1.165, 1.54) is 0 Å². The summed E-state index contributed by atoms with van der Waals surface area (Å²) in [6.45, 7) is 2.02. The van der Waals surface area contributed by atoms with Crippen LogP contribution in [0.15, 0.2) is 78.6 Å². The van der Waals surface area contributed by atoms with Crippen molar-refractivity contribution < 1.29 is 9.53 Å². The highest BCUT2D eigenvalue weighted by atomic mass is 16.5. The van der Waals surface area contributed by atoms with Crippen molar-refractivity contribution >= 4 is 11.5 Å². The van der Waals surface area contributed by atoms with Gasteiger partial charge in [-0.3, -0.25) is 4.79 Å². The van der Waals surface area contributed by atoms with Gasteiger partial charge in [-0.05, 0) is 30.7 Å². The van der Waals surface area contributed by atoms with Crippen LogP contribution >= 0.6 is 0 Å². The van der Waals surface area contributed by atoms with Crippen LogP contribution in [-0.2, 0) is 6.42 Å². The monoisotopic (exact) mass is 395 g/mol. The standard InChI is InChI=1S/C25H21N3O2/c1-16-14-21-23(19-12-13-26-15-19)24(18-6-4-3-5-7-18)27-28(21)25(29)22(16)17-8-10-20(30-2)11-9-17/h3-13,15,26H,14H2,1-2H3. The molecule has 0 fully saturated rings. The molecule has 0 aliphatic carbocycles. The van der Waals surface area contributed by atoms with Crippen molar-refractivity contribution in [3.63, 3.8) is 0 Å². The topological polar surface area (TPSA) is 59.9 Å². The Kier molecular flexibility index (Phi) is 4.36. The average molecular weight is 395 g/mol. The minimum absolute atomic E-state index is 0.0992. The van der Waals surface area contributed by atoms with Crippen LogP contribution in [0.5, 0.6) is 5.75 Å². The van der Waals surface area contributed by atoms with Gasteiger partial charge in [0.25, 0.3) is 5.91 Å². The number of fused-ring (bicyclic) bond motifs is 1. The van der Waals surface area contributed by atoms with Gasteiger partial charge in [-0.1, -0.05) is 48.0 Å². The molecule has 0 bridgehead atoms. The molecule has 0 saturated heterocycles. The number of hydrogen-bond donors (Lipinski definition) is 1. The van der Waals surface area contributed by atoms with Crippen LogP contribution < -0.4 is 4.74 Å². The maximum Gasteiger partial charge on any atom is 0.279 e. The Bertz CT molecular complexity index is 1250. The summed E-state index contributed by atoms with van der Waals surface area (Å²) in [6, 6.07) is 19.6. The molecule has 30 heavy (non-hydrogen) atoms. The molecule has 2 aromatic heterocycles. The lowest BCUT2D eigenvalue weighted by molar-refractivity contribution is 0.0958. The second kappa shape index (κ2) is 7.19. The van der Waals surface area contributed by atoms with E-state index in [2.05, 4.69) is 4.98 Å². The van der Waals surface area contributed by atoms with E-state index in [0.29, 0.717) is 12.0 Å². The number of nitrogens with zero attached hydrogens (tertiary/aromatic N) is 2. The SMILES string of the molecule is COc1ccc(C2=C(C)Cc3c(-c4cc[nH]c4)c(-c4ccccc4)nn3C2=O)cc1. The number of methoxy groups -OCH3 is 1. The molecule has 0 radical (unpaired) electrons. The third-order valence-corrected chi connectivity index (χ3v) is 5.56. The second-order valence-corrected chi connectivity index (χ2v) is 7.41. The summed E-state index contributed by atoms with van der Waals surface area (Å²) in [5.74, 6) is 0.666. The van der Waals surface area contributed by atoms with E-state index in [-0.39, 0.29) is 5.91 Å². The summed E-state index contributed by atoms with van der Waals surface area (Å²) >= 11 is 0. The van der Waals surface area contributed by atoms with Gasteiger partial charge in [0.2, 0.25) is 0 Å². The number of aromatic amines is 1. The molecule has 0 saturated carbocycles. The van der Waals surface area contributed by atoms with Crippen molar-refractivity contribution in [2.45, 2.75) is 13.3 Å². The number of carbonyl (C=O) groups is 1. The largest absolute Gasteiger partial charge is 0.497 e. The summed E-state index contributed by atoms with van der Waals surface area (Å²) in [7, 11) is 1.63. The molecule has 1 N–H and O–H groups in total. The van der Waals surface area contributed by atoms with Crippen LogP contribution in [0.3, 0.4) is 0 Å². The zero-order valence-electron chi connectivity index (χ0n) is 16.8. The van der Waals surface area contributed by atoms with E-state index in [9.17, 15) is 4.79 Å². The fourth-order valence-corrected chi connectivity index (χ4v) is 4.12. The molecule has 0 amide bonds. The van der Waals surface area contributed by atoms with Crippen molar-refractivity contribution in [2.75, 3.05) is 7.11 Å². The van der Waals surface area contributed by atoms with Crippen molar-refractivity contribution in [3.05, 3.63) is 89.9 Å². The van der Waals surface area contributed by atoms with Crippen LogP contribution in [0.1, 0.15) is 23.0 Å². The average Bonchev–Trinajstić information content (AvgIpc) is 3.43. The first-order chi connectivity index (χ1) is 14.7. The molecule has 5 heteroatoms. The highest BCUT2D eigenvalue weighted by Crippen LogP contribution is 2.39. The molecule has 2 aromatic carbocycles. The van der Waals surface area contributed by atoms with Crippen molar-refractivity contribution in [3.8, 4) is 28.1 Å². The van der Waals surface area contributed by atoms with E-state index < -0.39 is 0 Å². The predicted octanol–water partition coefficient (Wildman–Crippen LogP) is 5.22. The van der Waals surface area contributed by atoms with Gasteiger partial charge in [0.15, 0.2) is 0 Å². The predicted molar refractivity (Wildman–Crippen MR) is 117 cm³/mol. The Morgan fingerprint density at radius 3 is 2.40 bits per heavy atom. The molecule has 5 nitrogen and oxygen atoms in total. The molecule has 0 unspecified atom stereocenters. The lowest BCUT2D eigenvalue weighted by atomic mass is 9.91. The van der Waals surface area contributed by atoms with Crippen molar-refractivity contribution in [2.24, 2.45) is 0 Å². The Labute approximate surface area is 174 Å². The Balaban J connectivity index is 1.67. The number of nitrogens with one attached hydrogen (secondary N) is 1. The highest BCUT2D eigenvalue weighted by molar-refractivity contribution is 6.22. The van der Waals surface area contributed by atoms with Crippen LogP contribution in [0, 0.1) is 0 Å². The summed E-state index contributed by atoms with van der Waals surface area (Å²) in [4.78, 5) is 16.7. The summed E-state index contributed by atoms with van der Waals surface area (Å²) in [5, 5.41) is 4.80. The zero-order chi connectivity index (χ0) is 20.7. The van der Waals surface area contributed by atoms with Crippen LogP contribution in [0.4, 0.5) is 0 Å². The number of aromatic nitrogens is 3. The summed E-state index contributed by atoms with van der Waals surface area (Å²) < 4.78 is 6.83. The third-order valence-electron chi connectivity index (χ3n) is 5.56. The first kappa shape index (κ1) is 18.2. The van der Waals surface area contributed by atoms with Crippen LogP contribution in [-0.4, -0.2) is 27.8 Å². The number of benzene rings is 2. The molecule has 4 aromatic rings. The van der Waals surface area contributed by atoms with E-state index in [0.717, 1.165) is 45.0 Å². The van der Waals surface area contributed by atoms with Crippen molar-refractivity contribution in [1.29, 1.82) is 0 Å². The van der Waals surface area contributed by atoms with Gasteiger partial charge < -0.3 is 9.72 Å². The first-order valence-corrected chi connectivity index (χ1v) is 9.86. The summed E-state index contributed by atoms with van der Waals surface area (Å²) in [6.07, 6.45) is 4.50. The number of hydrogen-bond acceptors (Lipinski definition) is 3. The maximum absolute atomic E-state index is 13.6. The quantitative estimate of drug-likeness (QED) is 0.515. The van der Waals surface area contributed by atoms with Gasteiger partial charge in [-0.2, -0.15) is 9.78 Å². The number of H-pyrrole nitrogens is 1. The van der Waals surface area contributed by atoms with Gasteiger partial charge in [-0.25, -0.2) is 0 Å². The lowest BCUT2D eigenvalue weighted by Crippen LogP contribution is -2.23. The van der Waals surface area contributed by atoms with Gasteiger partial charge in [-0.15, -0.1) is 0 Å². The van der Waals surface area contributed by atoms with E-state index in [4.69, 9.17) is 9.84 Å². The van der Waals surface area contributed by atoms with E-state index in [1.54, 1.807) is 11.8 Å². The normalized spacial score (nSPS) is 13.5. The van der Waals surface area contributed by atoms with Crippen molar-refractivity contribution in [1.82, 2.24) is 14.8 Å². The molecule has 0 atom stereocenters. The smallest absolute Gasteiger partial charge is 0.279 e. The first-order valence-electron chi connectivity index (χ1n) is 9.86. The Morgan fingerprint density at radius 1 is 0.967 bits per heavy atom. The lowest BCUT2D eigenvalue weighted by Gasteiger charge is -2.19. The number of rotatable bonds is 4. The third kappa shape index (κ3) is 2.87. The second-order valence-electron chi connectivity index (χ2n) is 7.41. The molecule has 148 valence electrons. The molecule has 0 spiro atoms. The Morgan fingerprint density at radius 2 is 1.73 bits per heavy atom. The number of allylic oxidation sites excluding steroid dienone is 2. The fourth-order valence-electron chi connectivity index (χ4n) is 4.12.